The number of hydrogen-bond donors (Lipinski definition) is 3. The zero-order valence-electron chi connectivity index (χ0n) is 16.7. The number of carbonyl (C=O) groups excluding carboxylic acids is 2. The van der Waals surface area contributed by atoms with Crippen LogP contribution in [-0.2, 0) is 10.0 Å². The lowest BCUT2D eigenvalue weighted by Gasteiger charge is -2.10. The van der Waals surface area contributed by atoms with Crippen LogP contribution in [0.2, 0.25) is 0 Å². The molecule has 3 N–H and O–H groups in total. The van der Waals surface area contributed by atoms with E-state index < -0.39 is 21.8 Å². The van der Waals surface area contributed by atoms with E-state index in [1.807, 2.05) is 6.92 Å². The molecule has 0 unspecified atom stereocenters. The topological polar surface area (TPSA) is 114 Å². The van der Waals surface area contributed by atoms with E-state index >= 15 is 0 Å². The SMILES string of the molecule is CCOc1ccc(C(=O)NNC(=O)c2ccc(NS(=O)(=O)c3ccccc3)cc2)cc1. The number of sulfonamides is 1. The van der Waals surface area contributed by atoms with Gasteiger partial charge in [0.1, 0.15) is 5.75 Å². The maximum Gasteiger partial charge on any atom is 0.269 e. The zero-order valence-corrected chi connectivity index (χ0v) is 17.5. The van der Waals surface area contributed by atoms with Crippen molar-refractivity contribution in [2.75, 3.05) is 11.3 Å². The molecule has 0 aromatic heterocycles. The molecule has 0 spiro atoms. The summed E-state index contributed by atoms with van der Waals surface area (Å²) in [7, 11) is -3.72. The molecule has 0 fully saturated rings. The van der Waals surface area contributed by atoms with Crippen LogP contribution in [0.15, 0.2) is 83.8 Å². The van der Waals surface area contributed by atoms with Gasteiger partial charge < -0.3 is 4.74 Å². The fraction of sp³-hybridized carbons (Fsp3) is 0.0909. The number of rotatable bonds is 7. The first-order chi connectivity index (χ1) is 14.9. The number of ether oxygens (including phenoxy) is 1. The number of amides is 2. The molecule has 0 bridgehead atoms. The fourth-order valence-electron chi connectivity index (χ4n) is 2.63. The van der Waals surface area contributed by atoms with Gasteiger partial charge in [-0.3, -0.25) is 25.2 Å². The van der Waals surface area contributed by atoms with Crippen LogP contribution in [0.25, 0.3) is 0 Å². The van der Waals surface area contributed by atoms with E-state index in [9.17, 15) is 18.0 Å². The van der Waals surface area contributed by atoms with Gasteiger partial charge in [0, 0.05) is 16.8 Å². The molecule has 0 saturated carbocycles. The molecule has 2 amide bonds. The Hall–Kier alpha value is -3.85. The Morgan fingerprint density at radius 1 is 0.774 bits per heavy atom. The van der Waals surface area contributed by atoms with Gasteiger partial charge in [0.2, 0.25) is 0 Å². The molecule has 3 aromatic rings. The van der Waals surface area contributed by atoms with Crippen molar-refractivity contribution < 1.29 is 22.7 Å². The number of carbonyl (C=O) groups is 2. The van der Waals surface area contributed by atoms with Gasteiger partial charge in [-0.25, -0.2) is 8.42 Å². The Morgan fingerprint density at radius 3 is 1.81 bits per heavy atom. The minimum absolute atomic E-state index is 0.133. The quantitative estimate of drug-likeness (QED) is 0.490. The van der Waals surface area contributed by atoms with Gasteiger partial charge in [-0.2, -0.15) is 0 Å². The Labute approximate surface area is 180 Å². The van der Waals surface area contributed by atoms with E-state index in [0.717, 1.165) is 0 Å². The van der Waals surface area contributed by atoms with Gasteiger partial charge in [-0.1, -0.05) is 18.2 Å². The molecule has 0 heterocycles. The molecule has 160 valence electrons. The van der Waals surface area contributed by atoms with Gasteiger partial charge in [-0.05, 0) is 67.6 Å². The van der Waals surface area contributed by atoms with Crippen LogP contribution in [0, 0.1) is 0 Å². The summed E-state index contributed by atoms with van der Waals surface area (Å²) in [6, 6.07) is 20.3. The Bertz CT molecular complexity index is 1150. The van der Waals surface area contributed by atoms with Crippen LogP contribution < -0.4 is 20.3 Å². The number of nitrogens with one attached hydrogen (secondary N) is 3. The Morgan fingerprint density at radius 2 is 1.29 bits per heavy atom. The molecule has 31 heavy (non-hydrogen) atoms. The van der Waals surface area contributed by atoms with Crippen molar-refractivity contribution >= 4 is 27.5 Å². The molecule has 0 aliphatic heterocycles. The third-order valence-electron chi connectivity index (χ3n) is 4.17. The second-order valence-corrected chi connectivity index (χ2v) is 8.04. The van der Waals surface area contributed by atoms with Crippen molar-refractivity contribution in [3.63, 3.8) is 0 Å². The molecule has 0 aliphatic rings. The number of hydrogen-bond acceptors (Lipinski definition) is 5. The van der Waals surface area contributed by atoms with E-state index in [2.05, 4.69) is 15.6 Å². The summed E-state index contributed by atoms with van der Waals surface area (Å²) in [5.41, 5.74) is 5.56. The fourth-order valence-corrected chi connectivity index (χ4v) is 3.71. The third-order valence-corrected chi connectivity index (χ3v) is 5.57. The maximum absolute atomic E-state index is 12.3. The minimum Gasteiger partial charge on any atom is -0.494 e. The normalized spacial score (nSPS) is 10.7. The average molecular weight is 439 g/mol. The predicted octanol–water partition coefficient (Wildman–Crippen LogP) is 2.96. The van der Waals surface area contributed by atoms with Crippen molar-refractivity contribution in [3.05, 3.63) is 90.0 Å². The molecule has 8 nitrogen and oxygen atoms in total. The molecule has 3 rings (SSSR count). The number of anilines is 1. The van der Waals surface area contributed by atoms with Crippen LogP contribution in [0.5, 0.6) is 5.75 Å². The van der Waals surface area contributed by atoms with E-state index in [4.69, 9.17) is 4.74 Å². The average Bonchev–Trinajstić information content (AvgIpc) is 2.79. The highest BCUT2D eigenvalue weighted by Gasteiger charge is 2.14. The Balaban J connectivity index is 1.57. The lowest BCUT2D eigenvalue weighted by molar-refractivity contribution is 0.0846. The maximum atomic E-state index is 12.3. The van der Waals surface area contributed by atoms with Crippen LogP contribution in [0.3, 0.4) is 0 Å². The summed E-state index contributed by atoms with van der Waals surface area (Å²) in [6.45, 7) is 2.38. The summed E-state index contributed by atoms with van der Waals surface area (Å²) >= 11 is 0. The molecule has 9 heteroatoms. The molecule has 0 saturated heterocycles. The molecule has 0 aliphatic carbocycles. The van der Waals surface area contributed by atoms with Crippen LogP contribution in [-0.4, -0.2) is 26.8 Å². The summed E-state index contributed by atoms with van der Waals surface area (Å²) in [5.74, 6) is -0.383. The van der Waals surface area contributed by atoms with Crippen molar-refractivity contribution in [3.8, 4) is 5.75 Å². The van der Waals surface area contributed by atoms with E-state index in [1.165, 1.54) is 36.4 Å². The standard InChI is InChI=1S/C22H21N3O5S/c1-2-30-19-14-10-17(11-15-19)22(27)24-23-21(26)16-8-12-18(13-9-16)25-31(28,29)20-6-4-3-5-7-20/h3-15,25H,2H2,1H3,(H,23,26)(H,24,27). The number of benzene rings is 3. The summed E-state index contributed by atoms with van der Waals surface area (Å²) in [4.78, 5) is 24.5. The van der Waals surface area contributed by atoms with Gasteiger partial charge in [0.05, 0.1) is 11.5 Å². The first-order valence-electron chi connectivity index (χ1n) is 9.40. The molecule has 3 aromatic carbocycles. The second kappa shape index (κ2) is 9.77. The van der Waals surface area contributed by atoms with E-state index in [1.54, 1.807) is 42.5 Å². The van der Waals surface area contributed by atoms with Gasteiger partial charge in [0.15, 0.2) is 0 Å². The van der Waals surface area contributed by atoms with Crippen LogP contribution >= 0.6 is 0 Å². The zero-order chi connectivity index (χ0) is 22.3. The highest BCUT2D eigenvalue weighted by Crippen LogP contribution is 2.16. The van der Waals surface area contributed by atoms with Crippen molar-refractivity contribution in [1.29, 1.82) is 0 Å². The highest BCUT2D eigenvalue weighted by atomic mass is 32.2. The summed E-state index contributed by atoms with van der Waals surface area (Å²) in [6.07, 6.45) is 0. The number of hydrazine groups is 1. The van der Waals surface area contributed by atoms with Gasteiger partial charge >= 0.3 is 0 Å². The highest BCUT2D eigenvalue weighted by molar-refractivity contribution is 7.92. The lowest BCUT2D eigenvalue weighted by atomic mass is 10.2. The third kappa shape index (κ3) is 5.83. The molecular formula is C22H21N3O5S. The van der Waals surface area contributed by atoms with Crippen molar-refractivity contribution in [2.24, 2.45) is 0 Å². The van der Waals surface area contributed by atoms with Crippen LogP contribution in [0.1, 0.15) is 27.6 Å². The van der Waals surface area contributed by atoms with E-state index in [-0.39, 0.29) is 10.5 Å². The first-order valence-corrected chi connectivity index (χ1v) is 10.9. The van der Waals surface area contributed by atoms with Gasteiger partial charge in [-0.15, -0.1) is 0 Å². The molecule has 0 radical (unpaired) electrons. The largest absolute Gasteiger partial charge is 0.494 e. The summed E-state index contributed by atoms with van der Waals surface area (Å²) < 4.78 is 32.5. The monoisotopic (exact) mass is 439 g/mol. The molecular weight excluding hydrogens is 418 g/mol. The van der Waals surface area contributed by atoms with Gasteiger partial charge in [0.25, 0.3) is 21.8 Å². The summed E-state index contributed by atoms with van der Waals surface area (Å²) in [5, 5.41) is 0. The first kappa shape index (κ1) is 21.8. The van der Waals surface area contributed by atoms with E-state index in [0.29, 0.717) is 23.6 Å². The van der Waals surface area contributed by atoms with Crippen molar-refractivity contribution in [2.45, 2.75) is 11.8 Å². The predicted molar refractivity (Wildman–Crippen MR) is 116 cm³/mol. The van der Waals surface area contributed by atoms with Crippen LogP contribution in [0.4, 0.5) is 5.69 Å². The lowest BCUT2D eigenvalue weighted by Crippen LogP contribution is -2.41. The Kier molecular flexibility index (Phi) is 6.88. The molecule has 0 atom stereocenters. The second-order valence-electron chi connectivity index (χ2n) is 6.36. The van der Waals surface area contributed by atoms with Crippen molar-refractivity contribution in [1.82, 2.24) is 10.9 Å². The minimum atomic E-state index is -3.72. The smallest absolute Gasteiger partial charge is 0.269 e.